The molecular formula is C25H21Cl3N4O2S. The highest BCUT2D eigenvalue weighted by Gasteiger charge is 2.24. The number of benzene rings is 3. The molecule has 4 rings (SSSR count). The summed E-state index contributed by atoms with van der Waals surface area (Å²) in [5.41, 5.74) is 2.51. The van der Waals surface area contributed by atoms with Crippen molar-refractivity contribution in [2.75, 3.05) is 36.4 Å². The Kier molecular flexibility index (Phi) is 8.13. The summed E-state index contributed by atoms with van der Waals surface area (Å²) in [6.07, 6.45) is 0. The van der Waals surface area contributed by atoms with Gasteiger partial charge in [-0.1, -0.05) is 46.9 Å². The number of nitrogens with one attached hydrogen (secondary N) is 2. The van der Waals surface area contributed by atoms with E-state index in [1.165, 1.54) is 6.07 Å². The first-order valence-electron chi connectivity index (χ1n) is 10.8. The first-order valence-corrected chi connectivity index (χ1v) is 12.3. The van der Waals surface area contributed by atoms with Crippen molar-refractivity contribution < 1.29 is 9.59 Å². The van der Waals surface area contributed by atoms with E-state index in [0.29, 0.717) is 41.8 Å². The SMILES string of the molecule is O=C(NC(=S)Nc1ccccc1N1CCN(C(=O)c2ccc(Cl)cc2)CC1)c1cc(Cl)ccc1Cl. The summed E-state index contributed by atoms with van der Waals surface area (Å²) in [5, 5.41) is 7.15. The molecule has 0 radical (unpaired) electrons. The maximum Gasteiger partial charge on any atom is 0.258 e. The molecule has 0 aliphatic carbocycles. The molecule has 0 spiro atoms. The monoisotopic (exact) mass is 546 g/mol. The summed E-state index contributed by atoms with van der Waals surface area (Å²) < 4.78 is 0. The van der Waals surface area contributed by atoms with E-state index in [1.807, 2.05) is 29.2 Å². The molecule has 0 aromatic heterocycles. The molecule has 2 N–H and O–H groups in total. The van der Waals surface area contributed by atoms with Gasteiger partial charge < -0.3 is 15.1 Å². The summed E-state index contributed by atoms with van der Waals surface area (Å²) in [6.45, 7) is 2.44. The molecule has 180 valence electrons. The largest absolute Gasteiger partial charge is 0.366 e. The zero-order valence-electron chi connectivity index (χ0n) is 18.4. The Morgan fingerprint density at radius 3 is 2.20 bits per heavy atom. The maximum atomic E-state index is 12.8. The predicted molar refractivity (Wildman–Crippen MR) is 146 cm³/mol. The molecule has 0 saturated carbocycles. The fourth-order valence-electron chi connectivity index (χ4n) is 3.78. The molecule has 6 nitrogen and oxygen atoms in total. The van der Waals surface area contributed by atoms with Crippen LogP contribution >= 0.6 is 47.0 Å². The molecule has 1 heterocycles. The van der Waals surface area contributed by atoms with E-state index >= 15 is 0 Å². The normalized spacial score (nSPS) is 13.3. The van der Waals surface area contributed by atoms with Gasteiger partial charge in [-0.25, -0.2) is 0 Å². The van der Waals surface area contributed by atoms with Crippen LogP contribution in [0.4, 0.5) is 11.4 Å². The van der Waals surface area contributed by atoms with Gasteiger partial charge in [-0.15, -0.1) is 0 Å². The van der Waals surface area contributed by atoms with Gasteiger partial charge in [0.15, 0.2) is 5.11 Å². The molecule has 1 aliphatic heterocycles. The van der Waals surface area contributed by atoms with E-state index in [4.69, 9.17) is 47.0 Å². The number of carbonyl (C=O) groups is 2. The number of rotatable bonds is 4. The van der Waals surface area contributed by atoms with Crippen molar-refractivity contribution in [2.45, 2.75) is 0 Å². The average Bonchev–Trinajstić information content (AvgIpc) is 2.86. The lowest BCUT2D eigenvalue weighted by atomic mass is 10.1. The van der Waals surface area contributed by atoms with Crippen LogP contribution in [0.15, 0.2) is 66.7 Å². The van der Waals surface area contributed by atoms with Crippen LogP contribution in [-0.4, -0.2) is 48.0 Å². The van der Waals surface area contributed by atoms with Crippen LogP contribution in [0.1, 0.15) is 20.7 Å². The molecule has 1 saturated heterocycles. The minimum absolute atomic E-state index is 0.0173. The molecular weight excluding hydrogens is 527 g/mol. The van der Waals surface area contributed by atoms with Gasteiger partial charge in [-0.05, 0) is 66.8 Å². The number of nitrogens with zero attached hydrogens (tertiary/aromatic N) is 2. The molecule has 0 unspecified atom stereocenters. The Morgan fingerprint density at radius 2 is 1.49 bits per heavy atom. The first kappa shape index (κ1) is 25.3. The summed E-state index contributed by atoms with van der Waals surface area (Å²) in [7, 11) is 0. The zero-order chi connectivity index (χ0) is 24.9. The van der Waals surface area contributed by atoms with E-state index in [0.717, 1.165) is 11.4 Å². The zero-order valence-corrected chi connectivity index (χ0v) is 21.5. The first-order chi connectivity index (χ1) is 16.8. The van der Waals surface area contributed by atoms with Crippen molar-refractivity contribution in [3.05, 3.63) is 92.9 Å². The molecule has 10 heteroatoms. The lowest BCUT2D eigenvalue weighted by Crippen LogP contribution is -2.49. The number of piperazine rings is 1. The van der Waals surface area contributed by atoms with Crippen LogP contribution in [0.25, 0.3) is 0 Å². The molecule has 1 aliphatic rings. The Labute approximate surface area is 223 Å². The number of hydrogen-bond acceptors (Lipinski definition) is 4. The van der Waals surface area contributed by atoms with Gasteiger partial charge in [0.05, 0.1) is 22.0 Å². The Bertz CT molecular complexity index is 1260. The van der Waals surface area contributed by atoms with Crippen LogP contribution in [0.5, 0.6) is 0 Å². The van der Waals surface area contributed by atoms with E-state index in [-0.39, 0.29) is 21.6 Å². The van der Waals surface area contributed by atoms with Crippen LogP contribution in [0.2, 0.25) is 15.1 Å². The molecule has 3 aromatic carbocycles. The molecule has 3 aromatic rings. The van der Waals surface area contributed by atoms with Crippen LogP contribution in [0, 0.1) is 0 Å². The second-order valence-electron chi connectivity index (χ2n) is 7.84. The molecule has 35 heavy (non-hydrogen) atoms. The van der Waals surface area contributed by atoms with Gasteiger partial charge in [-0.2, -0.15) is 0 Å². The average molecular weight is 548 g/mol. The highest BCUT2D eigenvalue weighted by atomic mass is 35.5. The number of para-hydroxylation sites is 2. The number of thiocarbonyl (C=S) groups is 1. The summed E-state index contributed by atoms with van der Waals surface area (Å²) in [6, 6.07) is 19.2. The van der Waals surface area contributed by atoms with Gasteiger partial charge in [-0.3, -0.25) is 14.9 Å². The summed E-state index contributed by atoms with van der Waals surface area (Å²) in [4.78, 5) is 29.4. The Hall–Kier alpha value is -2.84. The van der Waals surface area contributed by atoms with E-state index in [1.54, 1.807) is 36.4 Å². The van der Waals surface area contributed by atoms with Crippen LogP contribution < -0.4 is 15.5 Å². The molecule has 2 amide bonds. The van der Waals surface area contributed by atoms with Crippen molar-refractivity contribution in [1.82, 2.24) is 10.2 Å². The smallest absolute Gasteiger partial charge is 0.258 e. The van der Waals surface area contributed by atoms with Gasteiger partial charge in [0, 0.05) is 41.8 Å². The van der Waals surface area contributed by atoms with Crippen molar-refractivity contribution in [1.29, 1.82) is 0 Å². The van der Waals surface area contributed by atoms with Crippen LogP contribution in [-0.2, 0) is 0 Å². The predicted octanol–water partition coefficient (Wildman–Crippen LogP) is 5.74. The topological polar surface area (TPSA) is 64.7 Å². The van der Waals surface area contributed by atoms with E-state index in [2.05, 4.69) is 15.5 Å². The van der Waals surface area contributed by atoms with Crippen molar-refractivity contribution in [3.8, 4) is 0 Å². The Morgan fingerprint density at radius 1 is 0.829 bits per heavy atom. The fourth-order valence-corrected chi connectivity index (χ4v) is 4.48. The third kappa shape index (κ3) is 6.24. The van der Waals surface area contributed by atoms with Gasteiger partial charge in [0.2, 0.25) is 0 Å². The lowest BCUT2D eigenvalue weighted by Gasteiger charge is -2.37. The number of anilines is 2. The highest BCUT2D eigenvalue weighted by molar-refractivity contribution is 7.80. The van der Waals surface area contributed by atoms with E-state index in [9.17, 15) is 9.59 Å². The molecule has 1 fully saturated rings. The highest BCUT2D eigenvalue weighted by Crippen LogP contribution is 2.27. The third-order valence-corrected chi connectivity index (χ3v) is 6.57. The standard InChI is InChI=1S/C25H21Cl3N4O2S/c26-17-7-5-16(6-8-17)24(34)32-13-11-31(12-14-32)22-4-2-1-3-21(22)29-25(35)30-23(33)19-15-18(27)9-10-20(19)28/h1-10,15H,11-14H2,(H2,29,30,33,35). The minimum Gasteiger partial charge on any atom is -0.366 e. The van der Waals surface area contributed by atoms with Crippen molar-refractivity contribution in [2.24, 2.45) is 0 Å². The number of halogens is 3. The lowest BCUT2D eigenvalue weighted by molar-refractivity contribution is 0.0746. The van der Waals surface area contributed by atoms with Gasteiger partial charge >= 0.3 is 0 Å². The number of amides is 2. The second kappa shape index (κ2) is 11.3. The summed E-state index contributed by atoms with van der Waals surface area (Å²) in [5.74, 6) is -0.474. The van der Waals surface area contributed by atoms with Crippen molar-refractivity contribution >= 4 is 75.3 Å². The third-order valence-electron chi connectivity index (χ3n) is 5.55. The van der Waals surface area contributed by atoms with Crippen LogP contribution in [0.3, 0.4) is 0 Å². The molecule has 0 atom stereocenters. The van der Waals surface area contributed by atoms with Crippen molar-refractivity contribution in [3.63, 3.8) is 0 Å². The summed E-state index contributed by atoms with van der Waals surface area (Å²) >= 11 is 23.4. The van der Waals surface area contributed by atoms with Gasteiger partial charge in [0.1, 0.15) is 0 Å². The van der Waals surface area contributed by atoms with Gasteiger partial charge in [0.25, 0.3) is 11.8 Å². The molecule has 0 bridgehead atoms. The van der Waals surface area contributed by atoms with E-state index < -0.39 is 5.91 Å². The number of hydrogen-bond donors (Lipinski definition) is 2. The minimum atomic E-state index is -0.457. The maximum absolute atomic E-state index is 12.8. The fraction of sp³-hybridized carbons (Fsp3) is 0.160. The second-order valence-corrected chi connectivity index (χ2v) is 9.52. The quantitative estimate of drug-likeness (QED) is 0.408. The number of carbonyl (C=O) groups excluding carboxylic acids is 2. The Balaban J connectivity index is 1.39.